The van der Waals surface area contributed by atoms with Gasteiger partial charge in [-0.1, -0.05) is 28.1 Å². The first-order valence-corrected chi connectivity index (χ1v) is 8.17. The summed E-state index contributed by atoms with van der Waals surface area (Å²) in [6.07, 6.45) is 0. The van der Waals surface area contributed by atoms with Crippen molar-refractivity contribution >= 4 is 39.3 Å². The van der Waals surface area contributed by atoms with Crippen molar-refractivity contribution < 1.29 is 9.53 Å². The van der Waals surface area contributed by atoms with Crippen molar-refractivity contribution in [3.8, 4) is 5.75 Å². The molecule has 0 aliphatic rings. The van der Waals surface area contributed by atoms with E-state index in [4.69, 9.17) is 4.74 Å². The van der Waals surface area contributed by atoms with E-state index in [0.29, 0.717) is 11.5 Å². The molecule has 2 aromatic carbocycles. The van der Waals surface area contributed by atoms with Crippen LogP contribution in [0, 0.1) is 0 Å². The Labute approximate surface area is 137 Å². The molecule has 110 valence electrons. The SMILES string of the molecule is COc1ccccc1N(C)C(=O)CSc1ccc(Br)cc1. The molecule has 3 nitrogen and oxygen atoms in total. The van der Waals surface area contributed by atoms with E-state index in [2.05, 4.69) is 15.9 Å². The van der Waals surface area contributed by atoms with Crippen LogP contribution in [0.25, 0.3) is 0 Å². The van der Waals surface area contributed by atoms with Crippen molar-refractivity contribution in [3.63, 3.8) is 0 Å². The number of hydrogen-bond donors (Lipinski definition) is 0. The van der Waals surface area contributed by atoms with Crippen molar-refractivity contribution in [3.05, 3.63) is 53.0 Å². The first-order chi connectivity index (χ1) is 10.1. The lowest BCUT2D eigenvalue weighted by molar-refractivity contribution is -0.115. The van der Waals surface area contributed by atoms with Crippen molar-refractivity contribution in [2.24, 2.45) is 0 Å². The number of benzene rings is 2. The second-order valence-electron chi connectivity index (χ2n) is 4.37. The molecular weight excluding hydrogens is 350 g/mol. The summed E-state index contributed by atoms with van der Waals surface area (Å²) in [4.78, 5) is 15.0. The number of amides is 1. The van der Waals surface area contributed by atoms with E-state index < -0.39 is 0 Å². The smallest absolute Gasteiger partial charge is 0.237 e. The molecule has 0 spiro atoms. The third-order valence-corrected chi connectivity index (χ3v) is 4.52. The van der Waals surface area contributed by atoms with Crippen LogP contribution < -0.4 is 9.64 Å². The summed E-state index contributed by atoms with van der Waals surface area (Å²) in [6, 6.07) is 15.4. The van der Waals surface area contributed by atoms with Gasteiger partial charge >= 0.3 is 0 Å². The lowest BCUT2D eigenvalue weighted by Gasteiger charge is -2.19. The van der Waals surface area contributed by atoms with Crippen molar-refractivity contribution in [2.45, 2.75) is 4.90 Å². The number of para-hydroxylation sites is 2. The molecule has 2 aromatic rings. The first kappa shape index (κ1) is 15.9. The Kier molecular flexibility index (Phi) is 5.70. The Morgan fingerprint density at radius 3 is 2.52 bits per heavy atom. The van der Waals surface area contributed by atoms with Crippen LogP contribution in [0.15, 0.2) is 57.9 Å². The fraction of sp³-hybridized carbons (Fsp3) is 0.188. The highest BCUT2D eigenvalue weighted by molar-refractivity contribution is 9.10. The molecule has 0 aliphatic heterocycles. The molecule has 0 aliphatic carbocycles. The number of ether oxygens (including phenoxy) is 1. The first-order valence-electron chi connectivity index (χ1n) is 6.39. The molecule has 0 saturated heterocycles. The highest BCUT2D eigenvalue weighted by Crippen LogP contribution is 2.28. The van der Waals surface area contributed by atoms with Gasteiger partial charge in [0.1, 0.15) is 5.75 Å². The van der Waals surface area contributed by atoms with Crippen LogP contribution in [0.4, 0.5) is 5.69 Å². The topological polar surface area (TPSA) is 29.5 Å². The zero-order valence-corrected chi connectivity index (χ0v) is 14.3. The fourth-order valence-corrected chi connectivity index (χ4v) is 2.89. The van der Waals surface area contributed by atoms with E-state index in [1.807, 2.05) is 48.5 Å². The number of halogens is 1. The van der Waals surface area contributed by atoms with Crippen molar-refractivity contribution in [1.29, 1.82) is 0 Å². The monoisotopic (exact) mass is 365 g/mol. The molecule has 0 unspecified atom stereocenters. The summed E-state index contributed by atoms with van der Waals surface area (Å²) >= 11 is 4.92. The highest BCUT2D eigenvalue weighted by Gasteiger charge is 2.14. The van der Waals surface area contributed by atoms with E-state index in [1.54, 1.807) is 19.1 Å². The number of thioether (sulfide) groups is 1. The maximum absolute atomic E-state index is 12.3. The Morgan fingerprint density at radius 2 is 1.86 bits per heavy atom. The van der Waals surface area contributed by atoms with Gasteiger partial charge in [-0.3, -0.25) is 4.79 Å². The van der Waals surface area contributed by atoms with Crippen LogP contribution in [0.3, 0.4) is 0 Å². The minimum absolute atomic E-state index is 0.0346. The van der Waals surface area contributed by atoms with Crippen LogP contribution in [0.5, 0.6) is 5.75 Å². The molecule has 0 aromatic heterocycles. The van der Waals surface area contributed by atoms with Gasteiger partial charge in [0.25, 0.3) is 0 Å². The largest absolute Gasteiger partial charge is 0.495 e. The molecule has 0 fully saturated rings. The summed E-state index contributed by atoms with van der Waals surface area (Å²) in [5.74, 6) is 1.12. The molecule has 0 radical (unpaired) electrons. The van der Waals surface area contributed by atoms with Gasteiger partial charge in [0, 0.05) is 16.4 Å². The van der Waals surface area contributed by atoms with Gasteiger partial charge in [0.2, 0.25) is 5.91 Å². The summed E-state index contributed by atoms with van der Waals surface area (Å²) in [7, 11) is 3.37. The van der Waals surface area contributed by atoms with E-state index in [-0.39, 0.29) is 5.91 Å². The molecular formula is C16H16BrNO2S. The molecule has 5 heteroatoms. The number of methoxy groups -OCH3 is 1. The normalized spacial score (nSPS) is 10.2. The van der Waals surface area contributed by atoms with Crippen molar-refractivity contribution in [1.82, 2.24) is 0 Å². The van der Waals surface area contributed by atoms with E-state index >= 15 is 0 Å². The second kappa shape index (κ2) is 7.52. The molecule has 0 bridgehead atoms. The van der Waals surface area contributed by atoms with Crippen LogP contribution in [-0.4, -0.2) is 25.8 Å². The van der Waals surface area contributed by atoms with Gasteiger partial charge in [0.05, 0.1) is 18.6 Å². The molecule has 2 rings (SSSR count). The van der Waals surface area contributed by atoms with E-state index in [0.717, 1.165) is 15.1 Å². The van der Waals surface area contributed by atoms with E-state index in [9.17, 15) is 4.79 Å². The van der Waals surface area contributed by atoms with Gasteiger partial charge in [-0.15, -0.1) is 11.8 Å². The minimum Gasteiger partial charge on any atom is -0.495 e. The summed E-state index contributed by atoms with van der Waals surface area (Å²) < 4.78 is 6.32. The quantitative estimate of drug-likeness (QED) is 0.743. The lowest BCUT2D eigenvalue weighted by atomic mass is 10.2. The van der Waals surface area contributed by atoms with Crippen LogP contribution in [-0.2, 0) is 4.79 Å². The Bertz CT molecular complexity index is 616. The van der Waals surface area contributed by atoms with Crippen LogP contribution in [0.1, 0.15) is 0 Å². The zero-order valence-electron chi connectivity index (χ0n) is 11.9. The lowest BCUT2D eigenvalue weighted by Crippen LogP contribution is -2.28. The van der Waals surface area contributed by atoms with Crippen LogP contribution in [0.2, 0.25) is 0 Å². The number of rotatable bonds is 5. The van der Waals surface area contributed by atoms with Crippen LogP contribution >= 0.6 is 27.7 Å². The zero-order chi connectivity index (χ0) is 15.2. The van der Waals surface area contributed by atoms with Gasteiger partial charge in [-0.05, 0) is 36.4 Å². The predicted octanol–water partition coefficient (Wildman–Crippen LogP) is 4.21. The number of nitrogens with zero attached hydrogens (tertiary/aromatic N) is 1. The predicted molar refractivity (Wildman–Crippen MR) is 91.3 cm³/mol. The molecule has 0 heterocycles. The van der Waals surface area contributed by atoms with Crippen molar-refractivity contribution in [2.75, 3.05) is 24.8 Å². The molecule has 21 heavy (non-hydrogen) atoms. The van der Waals surface area contributed by atoms with Gasteiger partial charge in [0.15, 0.2) is 0 Å². The Morgan fingerprint density at radius 1 is 1.19 bits per heavy atom. The maximum Gasteiger partial charge on any atom is 0.237 e. The standard InChI is InChI=1S/C16H16BrNO2S/c1-18(14-5-3-4-6-15(14)20-2)16(19)11-21-13-9-7-12(17)8-10-13/h3-10H,11H2,1-2H3. The molecule has 0 saturated carbocycles. The Balaban J connectivity index is 2.01. The average molecular weight is 366 g/mol. The molecule has 0 atom stereocenters. The minimum atomic E-state index is 0.0346. The highest BCUT2D eigenvalue weighted by atomic mass is 79.9. The maximum atomic E-state index is 12.3. The van der Waals surface area contributed by atoms with E-state index in [1.165, 1.54) is 11.8 Å². The summed E-state index contributed by atoms with van der Waals surface area (Å²) in [5, 5.41) is 0. The molecule has 1 amide bonds. The van der Waals surface area contributed by atoms with Gasteiger partial charge in [-0.2, -0.15) is 0 Å². The third kappa shape index (κ3) is 4.25. The second-order valence-corrected chi connectivity index (χ2v) is 6.33. The number of carbonyl (C=O) groups excluding carboxylic acids is 1. The van der Waals surface area contributed by atoms with Gasteiger partial charge in [-0.25, -0.2) is 0 Å². The summed E-state index contributed by atoms with van der Waals surface area (Å²) in [6.45, 7) is 0. The van der Waals surface area contributed by atoms with Gasteiger partial charge < -0.3 is 9.64 Å². The number of hydrogen-bond acceptors (Lipinski definition) is 3. The molecule has 0 N–H and O–H groups in total. The number of carbonyl (C=O) groups is 1. The average Bonchev–Trinajstić information content (AvgIpc) is 2.53. The summed E-state index contributed by atoms with van der Waals surface area (Å²) in [5.41, 5.74) is 0.779. The number of anilines is 1. The fourth-order valence-electron chi connectivity index (χ4n) is 1.81. The Hall–Kier alpha value is -1.46. The third-order valence-electron chi connectivity index (χ3n) is 3.00.